The number of aliphatic hydroxyl groups is 1. The van der Waals surface area contributed by atoms with E-state index in [4.69, 9.17) is 14.6 Å². The number of carbonyl (C=O) groups excluding carboxylic acids is 4. The first-order chi connectivity index (χ1) is 20.1. The van der Waals surface area contributed by atoms with Gasteiger partial charge in [0.25, 0.3) is 0 Å². The molecule has 12 heteroatoms. The van der Waals surface area contributed by atoms with Gasteiger partial charge < -0.3 is 40.3 Å². The second kappa shape index (κ2) is 16.0. The highest BCUT2D eigenvalue weighted by Gasteiger charge is 2.44. The average Bonchev–Trinajstić information content (AvgIpc) is 3.76. The van der Waals surface area contributed by atoms with Crippen molar-refractivity contribution in [2.75, 3.05) is 47.5 Å². The van der Waals surface area contributed by atoms with Crippen LogP contribution in [0.25, 0.3) is 0 Å². The number of amides is 4. The molecule has 2 heterocycles. The summed E-state index contributed by atoms with van der Waals surface area (Å²) in [6.07, 6.45) is 4.46. The molecule has 12 nitrogen and oxygen atoms in total. The number of piperidine rings is 1. The summed E-state index contributed by atoms with van der Waals surface area (Å²) in [4.78, 5) is 55.8. The molecule has 2 saturated heterocycles. The molecule has 0 aromatic rings. The van der Waals surface area contributed by atoms with Crippen molar-refractivity contribution in [2.24, 2.45) is 17.8 Å². The van der Waals surface area contributed by atoms with Gasteiger partial charge in [0.2, 0.25) is 23.6 Å². The van der Waals surface area contributed by atoms with E-state index in [1.807, 2.05) is 13.8 Å². The van der Waals surface area contributed by atoms with E-state index < -0.39 is 18.1 Å². The number of likely N-dealkylation sites (N-methyl/N-ethyl adjacent to an activating group) is 1. The molecule has 1 aliphatic carbocycles. The molecule has 1 saturated carbocycles. The predicted octanol–water partition coefficient (Wildman–Crippen LogP) is 0.272. The summed E-state index contributed by atoms with van der Waals surface area (Å²) in [5.41, 5.74) is 0. The maximum absolute atomic E-state index is 13.7. The molecule has 0 radical (unpaired) electrons. The normalized spacial score (nSPS) is 26.8. The molecule has 0 aromatic heterocycles. The highest BCUT2D eigenvalue weighted by Crippen LogP contribution is 2.35. The van der Waals surface area contributed by atoms with Crippen molar-refractivity contribution in [3.63, 3.8) is 0 Å². The number of rotatable bonds is 16. The van der Waals surface area contributed by atoms with Gasteiger partial charge in [0.1, 0.15) is 0 Å². The molecular formula is C30H53N5O7. The Kier molecular flexibility index (Phi) is 13.0. The number of likely N-dealkylation sites (tertiary alicyclic amines) is 1. The Labute approximate surface area is 250 Å². The number of nitrogens with zero attached hydrogens (tertiary/aromatic N) is 2. The Morgan fingerprint density at radius 1 is 1.10 bits per heavy atom. The minimum absolute atomic E-state index is 0.0379. The number of hydrogen-bond donors (Lipinski definition) is 4. The van der Waals surface area contributed by atoms with Gasteiger partial charge in [0.05, 0.1) is 55.8 Å². The van der Waals surface area contributed by atoms with Crippen LogP contribution in [0.3, 0.4) is 0 Å². The Balaban J connectivity index is 1.64. The quantitative estimate of drug-likeness (QED) is 0.199. The van der Waals surface area contributed by atoms with Crippen molar-refractivity contribution < 1.29 is 33.8 Å². The monoisotopic (exact) mass is 595 g/mol. The lowest BCUT2D eigenvalue weighted by molar-refractivity contribution is -0.145. The fourth-order valence-corrected chi connectivity index (χ4v) is 7.21. The first-order valence-corrected chi connectivity index (χ1v) is 15.6. The zero-order valence-electron chi connectivity index (χ0n) is 26.3. The van der Waals surface area contributed by atoms with Gasteiger partial charge in [-0.2, -0.15) is 0 Å². The summed E-state index contributed by atoms with van der Waals surface area (Å²) in [6.45, 7) is 6.30. The maximum Gasteiger partial charge on any atom is 0.242 e. The molecule has 3 rings (SSSR count). The Morgan fingerprint density at radius 2 is 1.83 bits per heavy atom. The first-order valence-electron chi connectivity index (χ1n) is 15.6. The van der Waals surface area contributed by atoms with E-state index in [9.17, 15) is 19.2 Å². The zero-order valence-corrected chi connectivity index (χ0v) is 26.3. The van der Waals surface area contributed by atoms with Gasteiger partial charge in [-0.05, 0) is 43.9 Å². The van der Waals surface area contributed by atoms with E-state index in [0.717, 1.165) is 32.1 Å². The number of ether oxygens (including phenoxy) is 2. The Morgan fingerprint density at radius 3 is 2.40 bits per heavy atom. The SMILES string of the molecule is CCC(C)C(C(CC(=O)N1CCCC1C(OC)C(C)C(=O)NCCO)OC)N(C)C(=O)CNC(=O)C1NC2CCC1C2. The van der Waals surface area contributed by atoms with E-state index in [2.05, 4.69) is 16.0 Å². The fraction of sp³-hybridized carbons (Fsp3) is 0.867. The summed E-state index contributed by atoms with van der Waals surface area (Å²) in [5.74, 6) is -0.841. The van der Waals surface area contributed by atoms with Crippen molar-refractivity contribution in [1.29, 1.82) is 0 Å². The summed E-state index contributed by atoms with van der Waals surface area (Å²) >= 11 is 0. The topological polar surface area (TPSA) is 150 Å². The predicted molar refractivity (Wildman–Crippen MR) is 157 cm³/mol. The number of fused-ring (bicyclic) bond motifs is 2. The number of methoxy groups -OCH3 is 2. The molecule has 240 valence electrons. The summed E-state index contributed by atoms with van der Waals surface area (Å²) in [5, 5.41) is 18.0. The van der Waals surface area contributed by atoms with Crippen LogP contribution in [0, 0.1) is 17.8 Å². The van der Waals surface area contributed by atoms with E-state index >= 15 is 0 Å². The van der Waals surface area contributed by atoms with Gasteiger partial charge in [0, 0.05) is 40.4 Å². The minimum atomic E-state index is -0.558. The third-order valence-corrected chi connectivity index (χ3v) is 9.77. The highest BCUT2D eigenvalue weighted by atomic mass is 16.5. The van der Waals surface area contributed by atoms with Crippen LogP contribution in [0.5, 0.6) is 0 Å². The molecule has 9 unspecified atom stereocenters. The van der Waals surface area contributed by atoms with Crippen LogP contribution in [-0.4, -0.2) is 122 Å². The average molecular weight is 596 g/mol. The van der Waals surface area contributed by atoms with Crippen LogP contribution in [0.15, 0.2) is 0 Å². The number of aliphatic hydroxyl groups excluding tert-OH is 1. The largest absolute Gasteiger partial charge is 0.395 e. The van der Waals surface area contributed by atoms with Crippen molar-refractivity contribution in [1.82, 2.24) is 25.8 Å². The molecular weight excluding hydrogens is 542 g/mol. The third kappa shape index (κ3) is 8.00. The molecule has 4 N–H and O–H groups in total. The second-order valence-electron chi connectivity index (χ2n) is 12.3. The maximum atomic E-state index is 13.7. The lowest BCUT2D eigenvalue weighted by atomic mass is 9.90. The van der Waals surface area contributed by atoms with E-state index in [0.29, 0.717) is 24.9 Å². The molecule has 4 amide bonds. The summed E-state index contributed by atoms with van der Waals surface area (Å²) in [7, 11) is 4.82. The van der Waals surface area contributed by atoms with Gasteiger partial charge in [-0.15, -0.1) is 0 Å². The third-order valence-electron chi connectivity index (χ3n) is 9.77. The van der Waals surface area contributed by atoms with Crippen molar-refractivity contribution in [2.45, 2.75) is 102 Å². The van der Waals surface area contributed by atoms with Crippen LogP contribution in [-0.2, 0) is 28.7 Å². The highest BCUT2D eigenvalue weighted by molar-refractivity contribution is 5.88. The standard InChI is InChI=1S/C30H53N5O7/c1-7-18(2)27(34(4)25(38)17-32-30(40)26-20-10-11-21(15-20)33-26)23(41-5)16-24(37)35-13-8-9-22(35)28(42-6)19(3)29(39)31-12-14-36/h18-23,26-28,33,36H,7-17H2,1-6H3,(H,31,39)(H,32,40). The lowest BCUT2D eigenvalue weighted by Gasteiger charge is -2.39. The Bertz CT molecular complexity index is 936. The molecule has 2 bridgehead atoms. The second-order valence-corrected chi connectivity index (χ2v) is 12.3. The molecule has 9 atom stereocenters. The van der Waals surface area contributed by atoms with Crippen molar-refractivity contribution >= 4 is 23.6 Å². The van der Waals surface area contributed by atoms with Gasteiger partial charge in [-0.25, -0.2) is 0 Å². The van der Waals surface area contributed by atoms with E-state index in [1.54, 1.807) is 38.0 Å². The van der Waals surface area contributed by atoms with Crippen molar-refractivity contribution in [3.8, 4) is 0 Å². The van der Waals surface area contributed by atoms with Crippen LogP contribution in [0.2, 0.25) is 0 Å². The molecule has 0 aromatic carbocycles. The minimum Gasteiger partial charge on any atom is -0.395 e. The van der Waals surface area contributed by atoms with E-state index in [1.165, 1.54) is 0 Å². The Hall–Kier alpha value is -2.28. The van der Waals surface area contributed by atoms with Gasteiger partial charge in [-0.1, -0.05) is 27.2 Å². The van der Waals surface area contributed by atoms with Crippen LogP contribution in [0.1, 0.15) is 65.7 Å². The molecule has 0 spiro atoms. The lowest BCUT2D eigenvalue weighted by Crippen LogP contribution is -2.55. The summed E-state index contributed by atoms with van der Waals surface area (Å²) in [6, 6.07) is -0.480. The first kappa shape index (κ1) is 34.2. The number of nitrogens with one attached hydrogen (secondary N) is 3. The van der Waals surface area contributed by atoms with E-state index in [-0.39, 0.29) is 73.8 Å². The number of hydrogen-bond acceptors (Lipinski definition) is 8. The zero-order chi connectivity index (χ0) is 31.0. The molecule has 3 fully saturated rings. The van der Waals surface area contributed by atoms with Crippen LogP contribution >= 0.6 is 0 Å². The molecule has 42 heavy (non-hydrogen) atoms. The fourth-order valence-electron chi connectivity index (χ4n) is 7.21. The molecule has 3 aliphatic rings. The van der Waals surface area contributed by atoms with Crippen LogP contribution < -0.4 is 16.0 Å². The summed E-state index contributed by atoms with van der Waals surface area (Å²) < 4.78 is 11.6. The number of carbonyl (C=O) groups is 4. The van der Waals surface area contributed by atoms with Crippen molar-refractivity contribution in [3.05, 3.63) is 0 Å². The van der Waals surface area contributed by atoms with Gasteiger partial charge in [-0.3, -0.25) is 19.2 Å². The molecule has 2 aliphatic heterocycles. The van der Waals surface area contributed by atoms with Gasteiger partial charge in [0.15, 0.2) is 0 Å². The van der Waals surface area contributed by atoms with Crippen LogP contribution in [0.4, 0.5) is 0 Å². The van der Waals surface area contributed by atoms with Gasteiger partial charge >= 0.3 is 0 Å². The smallest absolute Gasteiger partial charge is 0.242 e.